The van der Waals surface area contributed by atoms with Gasteiger partial charge in [0.15, 0.2) is 6.61 Å². The summed E-state index contributed by atoms with van der Waals surface area (Å²) in [6.07, 6.45) is 1.13. The number of ether oxygens (including phenoxy) is 2. The molecule has 0 N–H and O–H groups in total. The van der Waals surface area contributed by atoms with Gasteiger partial charge in [-0.15, -0.1) is 0 Å². The minimum atomic E-state index is -0.522. The number of nitrogens with zero attached hydrogens (tertiary/aromatic N) is 2. The molecule has 6 nitrogen and oxygen atoms in total. The first kappa shape index (κ1) is 21.5. The van der Waals surface area contributed by atoms with Crippen LogP contribution in [0.5, 0.6) is 5.75 Å². The molecule has 2 amide bonds. The fraction of sp³-hybridized carbons (Fsp3) is 0.417. The first-order valence-corrected chi connectivity index (χ1v) is 10.9. The van der Waals surface area contributed by atoms with Crippen molar-refractivity contribution >= 4 is 29.3 Å². The Morgan fingerprint density at radius 3 is 2.39 bits per heavy atom. The molecule has 7 heteroatoms. The summed E-state index contributed by atoms with van der Waals surface area (Å²) in [6.45, 7) is 7.25. The molecule has 0 unspecified atom stereocenters. The summed E-state index contributed by atoms with van der Waals surface area (Å²) in [7, 11) is 0. The van der Waals surface area contributed by atoms with E-state index >= 15 is 0 Å². The molecule has 2 aromatic rings. The van der Waals surface area contributed by atoms with Crippen LogP contribution >= 0.6 is 11.6 Å². The molecule has 2 heterocycles. The summed E-state index contributed by atoms with van der Waals surface area (Å²) in [6, 6.07) is 11.6. The summed E-state index contributed by atoms with van der Waals surface area (Å²) >= 11 is 5.99. The fourth-order valence-electron chi connectivity index (χ4n) is 3.87. The molecule has 2 aliphatic heterocycles. The number of anilines is 1. The summed E-state index contributed by atoms with van der Waals surface area (Å²) in [4.78, 5) is 28.7. The maximum atomic E-state index is 12.6. The number of carbonyl (C=O) groups is 2. The second-order valence-electron chi connectivity index (χ2n) is 8.95. The van der Waals surface area contributed by atoms with Crippen LogP contribution in [0.15, 0.2) is 36.4 Å². The summed E-state index contributed by atoms with van der Waals surface area (Å²) in [5, 5.41) is 0.664. The highest BCUT2D eigenvalue weighted by molar-refractivity contribution is 6.30. The SMILES string of the molecule is CC(C)(C)OC(=O)N1CCc2cc3c(cc2CC1)N(Cc1ccc(Cl)cc1)C(=O)CO3. The van der Waals surface area contributed by atoms with Crippen LogP contribution in [0.2, 0.25) is 5.02 Å². The van der Waals surface area contributed by atoms with Crippen molar-refractivity contribution in [1.29, 1.82) is 0 Å². The molecule has 0 bridgehead atoms. The van der Waals surface area contributed by atoms with Gasteiger partial charge in [0.05, 0.1) is 12.2 Å². The minimum absolute atomic E-state index is 0.0173. The molecular formula is C24H27ClN2O4. The minimum Gasteiger partial charge on any atom is -0.482 e. The van der Waals surface area contributed by atoms with E-state index in [1.165, 1.54) is 0 Å². The van der Waals surface area contributed by atoms with Gasteiger partial charge >= 0.3 is 6.09 Å². The topological polar surface area (TPSA) is 59.1 Å². The quantitative estimate of drug-likeness (QED) is 0.681. The van der Waals surface area contributed by atoms with Crippen molar-refractivity contribution in [3.8, 4) is 5.75 Å². The van der Waals surface area contributed by atoms with Gasteiger partial charge in [-0.25, -0.2) is 4.79 Å². The van der Waals surface area contributed by atoms with E-state index in [1.54, 1.807) is 9.80 Å². The van der Waals surface area contributed by atoms with Crippen molar-refractivity contribution in [3.05, 3.63) is 58.1 Å². The number of amides is 2. The standard InChI is InChI=1S/C24H27ClN2O4/c1-24(2,3)31-23(29)26-10-8-17-12-20-21(13-18(17)9-11-26)30-15-22(28)27(20)14-16-4-6-19(25)7-5-16/h4-7,12-13H,8-11,14-15H2,1-3H3. The summed E-state index contributed by atoms with van der Waals surface area (Å²) < 4.78 is 11.3. The van der Waals surface area contributed by atoms with Crippen LogP contribution in [0.3, 0.4) is 0 Å². The largest absolute Gasteiger partial charge is 0.482 e. The van der Waals surface area contributed by atoms with E-state index in [1.807, 2.05) is 57.2 Å². The number of halogens is 1. The molecule has 2 aromatic carbocycles. The fourth-order valence-corrected chi connectivity index (χ4v) is 4.00. The third kappa shape index (κ3) is 4.96. The zero-order valence-corrected chi connectivity index (χ0v) is 18.9. The van der Waals surface area contributed by atoms with Crippen LogP contribution in [0.4, 0.5) is 10.5 Å². The lowest BCUT2D eigenvalue weighted by Gasteiger charge is -2.30. The van der Waals surface area contributed by atoms with E-state index in [0.717, 1.165) is 28.8 Å². The second kappa shape index (κ2) is 8.42. The molecule has 4 rings (SSSR count). The monoisotopic (exact) mass is 442 g/mol. The van der Waals surface area contributed by atoms with Gasteiger partial charge in [-0.1, -0.05) is 23.7 Å². The third-order valence-corrected chi connectivity index (χ3v) is 5.68. The average Bonchev–Trinajstić information content (AvgIpc) is 2.91. The van der Waals surface area contributed by atoms with Gasteiger partial charge < -0.3 is 19.3 Å². The van der Waals surface area contributed by atoms with Gasteiger partial charge in [-0.05, 0) is 74.6 Å². The summed E-state index contributed by atoms with van der Waals surface area (Å²) in [5.74, 6) is 0.629. The highest BCUT2D eigenvalue weighted by atomic mass is 35.5. The van der Waals surface area contributed by atoms with Crippen LogP contribution in [0, 0.1) is 0 Å². The smallest absolute Gasteiger partial charge is 0.410 e. The van der Waals surface area contributed by atoms with Crippen molar-refractivity contribution < 1.29 is 19.1 Å². The number of fused-ring (bicyclic) bond motifs is 2. The number of carbonyl (C=O) groups excluding carboxylic acids is 2. The molecule has 0 saturated heterocycles. The molecular weight excluding hydrogens is 416 g/mol. The lowest BCUT2D eigenvalue weighted by Crippen LogP contribution is -2.38. The Hall–Kier alpha value is -2.73. The second-order valence-corrected chi connectivity index (χ2v) is 9.39. The first-order chi connectivity index (χ1) is 14.7. The number of hydrogen-bond acceptors (Lipinski definition) is 4. The highest BCUT2D eigenvalue weighted by Crippen LogP contribution is 2.37. The predicted octanol–water partition coefficient (Wildman–Crippen LogP) is 4.60. The Morgan fingerprint density at radius 2 is 1.74 bits per heavy atom. The highest BCUT2D eigenvalue weighted by Gasteiger charge is 2.29. The molecule has 31 heavy (non-hydrogen) atoms. The third-order valence-electron chi connectivity index (χ3n) is 5.43. The predicted molar refractivity (Wildman–Crippen MR) is 120 cm³/mol. The Bertz CT molecular complexity index is 998. The maximum absolute atomic E-state index is 12.6. The van der Waals surface area contributed by atoms with E-state index in [4.69, 9.17) is 21.1 Å². The van der Waals surface area contributed by atoms with E-state index in [9.17, 15) is 9.59 Å². The van der Waals surface area contributed by atoms with Gasteiger partial charge in [0.1, 0.15) is 11.4 Å². The molecule has 0 radical (unpaired) electrons. The Kier molecular flexibility index (Phi) is 5.84. The van der Waals surface area contributed by atoms with Crippen molar-refractivity contribution in [2.24, 2.45) is 0 Å². The Labute approximate surface area is 187 Å². The van der Waals surface area contributed by atoms with Gasteiger partial charge in [0.25, 0.3) is 5.91 Å². The van der Waals surface area contributed by atoms with E-state index in [0.29, 0.717) is 36.8 Å². The van der Waals surface area contributed by atoms with E-state index in [2.05, 4.69) is 0 Å². The van der Waals surface area contributed by atoms with Crippen molar-refractivity contribution in [2.75, 3.05) is 24.6 Å². The zero-order valence-electron chi connectivity index (χ0n) is 18.1. The van der Waals surface area contributed by atoms with Crippen molar-refractivity contribution in [1.82, 2.24) is 4.90 Å². The molecule has 0 saturated carbocycles. The number of benzene rings is 2. The Balaban J connectivity index is 1.56. The normalized spacial score (nSPS) is 16.2. The van der Waals surface area contributed by atoms with Gasteiger partial charge in [0.2, 0.25) is 0 Å². The summed E-state index contributed by atoms with van der Waals surface area (Å²) in [5.41, 5.74) is 3.52. The van der Waals surface area contributed by atoms with Crippen LogP contribution in [0.25, 0.3) is 0 Å². The van der Waals surface area contributed by atoms with Gasteiger partial charge in [-0.3, -0.25) is 4.79 Å². The van der Waals surface area contributed by atoms with Gasteiger partial charge in [-0.2, -0.15) is 0 Å². The first-order valence-electron chi connectivity index (χ1n) is 10.5. The molecule has 0 aromatic heterocycles. The molecule has 164 valence electrons. The average molecular weight is 443 g/mol. The van der Waals surface area contributed by atoms with Crippen molar-refractivity contribution in [3.63, 3.8) is 0 Å². The Morgan fingerprint density at radius 1 is 1.10 bits per heavy atom. The molecule has 0 spiro atoms. The van der Waals surface area contributed by atoms with Crippen LogP contribution in [0.1, 0.15) is 37.5 Å². The van der Waals surface area contributed by atoms with Crippen LogP contribution < -0.4 is 9.64 Å². The number of hydrogen-bond donors (Lipinski definition) is 0. The van der Waals surface area contributed by atoms with E-state index < -0.39 is 5.60 Å². The van der Waals surface area contributed by atoms with Crippen LogP contribution in [-0.4, -0.2) is 42.2 Å². The van der Waals surface area contributed by atoms with Gasteiger partial charge in [0, 0.05) is 18.1 Å². The molecule has 0 aliphatic carbocycles. The molecule has 2 aliphatic rings. The van der Waals surface area contributed by atoms with E-state index in [-0.39, 0.29) is 18.6 Å². The lowest BCUT2D eigenvalue weighted by molar-refractivity contribution is -0.121. The number of rotatable bonds is 2. The molecule has 0 fully saturated rings. The lowest BCUT2D eigenvalue weighted by atomic mass is 10.00. The molecule has 0 atom stereocenters. The maximum Gasteiger partial charge on any atom is 0.410 e. The van der Waals surface area contributed by atoms with Crippen LogP contribution in [-0.2, 0) is 28.9 Å². The van der Waals surface area contributed by atoms with Crippen molar-refractivity contribution in [2.45, 2.75) is 45.8 Å². The zero-order chi connectivity index (χ0) is 22.2.